The minimum absolute atomic E-state index is 0. The van der Waals surface area contributed by atoms with Gasteiger partial charge in [-0.15, -0.1) is 24.0 Å². The number of nitrogens with zero attached hydrogens (tertiary/aromatic N) is 4. The molecule has 0 bridgehead atoms. The Kier molecular flexibility index (Phi) is 12.3. The van der Waals surface area contributed by atoms with Crippen LogP contribution < -0.4 is 5.32 Å². The third-order valence-electron chi connectivity index (χ3n) is 5.73. The number of guanidine groups is 1. The highest BCUT2D eigenvalue weighted by Gasteiger charge is 2.27. The maximum Gasteiger partial charge on any atom is 0.309 e. The molecule has 2 aliphatic rings. The zero-order chi connectivity index (χ0) is 19.6. The molecular weight excluding hydrogens is 469 g/mol. The van der Waals surface area contributed by atoms with E-state index in [0.717, 1.165) is 77.7 Å². The zero-order valence-corrected chi connectivity index (χ0v) is 20.5. The van der Waals surface area contributed by atoms with Crippen molar-refractivity contribution >= 4 is 35.9 Å². The Hall–Kier alpha value is -0.610. The second-order valence-corrected chi connectivity index (χ2v) is 7.53. The molecule has 0 aliphatic carbocycles. The second kappa shape index (κ2) is 13.6. The number of piperazine rings is 1. The number of nitrogens with one attached hydrogen (secondary N) is 1. The van der Waals surface area contributed by atoms with Crippen LogP contribution in [0.2, 0.25) is 0 Å². The van der Waals surface area contributed by atoms with Gasteiger partial charge >= 0.3 is 5.97 Å². The average molecular weight is 509 g/mol. The summed E-state index contributed by atoms with van der Waals surface area (Å²) >= 11 is 0. The fraction of sp³-hybridized carbons (Fsp3) is 0.900. The van der Waals surface area contributed by atoms with Crippen molar-refractivity contribution in [3.63, 3.8) is 0 Å². The number of esters is 1. The highest BCUT2D eigenvalue weighted by molar-refractivity contribution is 14.0. The first-order chi connectivity index (χ1) is 13.1. The Morgan fingerprint density at radius 1 is 1.11 bits per heavy atom. The van der Waals surface area contributed by atoms with E-state index in [2.05, 4.69) is 40.8 Å². The first-order valence-corrected chi connectivity index (χ1v) is 10.7. The summed E-state index contributed by atoms with van der Waals surface area (Å²) in [6.07, 6.45) is 1.69. The number of carbonyl (C=O) groups excluding carboxylic acids is 1. The van der Waals surface area contributed by atoms with Crippen molar-refractivity contribution in [1.29, 1.82) is 0 Å². The van der Waals surface area contributed by atoms with E-state index < -0.39 is 0 Å². The number of likely N-dealkylation sites (N-methyl/N-ethyl adjacent to an activating group) is 1. The lowest BCUT2D eigenvalue weighted by Crippen LogP contribution is -2.51. The third kappa shape index (κ3) is 7.67. The fourth-order valence-corrected chi connectivity index (χ4v) is 3.87. The van der Waals surface area contributed by atoms with Gasteiger partial charge in [0.2, 0.25) is 0 Å². The molecule has 0 radical (unpaired) electrons. The largest absolute Gasteiger partial charge is 0.466 e. The van der Waals surface area contributed by atoms with E-state index in [0.29, 0.717) is 12.6 Å². The van der Waals surface area contributed by atoms with Crippen LogP contribution >= 0.6 is 24.0 Å². The number of piperidine rings is 1. The summed E-state index contributed by atoms with van der Waals surface area (Å²) in [6, 6.07) is 0.453. The topological polar surface area (TPSA) is 60.4 Å². The van der Waals surface area contributed by atoms with E-state index in [1.54, 1.807) is 0 Å². The average Bonchev–Trinajstić information content (AvgIpc) is 2.71. The molecular formula is C20H40IN5O2. The number of likely N-dealkylation sites (tertiary alicyclic amines) is 1. The Morgan fingerprint density at radius 2 is 1.75 bits per heavy atom. The standard InChI is InChI=1S/C20H39N5O2.HI/c1-5-21-20(25-10-8-18(9-11-25)19(26)27-7-3)22-16-17(4)24-14-12-23(6-2)13-15-24;/h17-18H,5-16H2,1-4H3,(H,21,22);1H. The van der Waals surface area contributed by atoms with Gasteiger partial charge in [-0.2, -0.15) is 0 Å². The summed E-state index contributed by atoms with van der Waals surface area (Å²) in [5.74, 6) is 0.982. The predicted molar refractivity (Wildman–Crippen MR) is 125 cm³/mol. The molecule has 2 saturated heterocycles. The molecule has 8 heteroatoms. The summed E-state index contributed by atoms with van der Waals surface area (Å²) in [5, 5.41) is 3.43. The van der Waals surface area contributed by atoms with Crippen LogP contribution in [0.3, 0.4) is 0 Å². The van der Waals surface area contributed by atoms with Crippen LogP contribution in [0.1, 0.15) is 40.5 Å². The smallest absolute Gasteiger partial charge is 0.309 e. The van der Waals surface area contributed by atoms with E-state index >= 15 is 0 Å². The first kappa shape index (κ1) is 25.4. The van der Waals surface area contributed by atoms with Gasteiger partial charge in [0.1, 0.15) is 0 Å². The van der Waals surface area contributed by atoms with E-state index in [1.165, 1.54) is 0 Å². The summed E-state index contributed by atoms with van der Waals surface area (Å²) in [6.45, 7) is 18.1. The molecule has 1 unspecified atom stereocenters. The van der Waals surface area contributed by atoms with Gasteiger partial charge < -0.3 is 19.9 Å². The van der Waals surface area contributed by atoms with Gasteiger partial charge in [0.25, 0.3) is 0 Å². The van der Waals surface area contributed by atoms with Crippen molar-refractivity contribution in [2.24, 2.45) is 10.9 Å². The Balaban J connectivity index is 0.00000392. The predicted octanol–water partition coefficient (Wildman–Crippen LogP) is 1.87. The highest BCUT2D eigenvalue weighted by Crippen LogP contribution is 2.19. The monoisotopic (exact) mass is 509 g/mol. The lowest BCUT2D eigenvalue weighted by molar-refractivity contribution is -0.149. The maximum atomic E-state index is 11.9. The number of rotatable bonds is 7. The molecule has 1 N–H and O–H groups in total. The van der Waals surface area contributed by atoms with Crippen molar-refractivity contribution < 1.29 is 9.53 Å². The minimum Gasteiger partial charge on any atom is -0.466 e. The zero-order valence-electron chi connectivity index (χ0n) is 18.2. The van der Waals surface area contributed by atoms with Crippen LogP contribution in [-0.4, -0.2) is 98.2 Å². The van der Waals surface area contributed by atoms with Crippen molar-refractivity contribution in [2.45, 2.75) is 46.6 Å². The SMILES string of the molecule is CCNC(=NCC(C)N1CCN(CC)CC1)N1CCC(C(=O)OCC)CC1.I. The fourth-order valence-electron chi connectivity index (χ4n) is 3.87. The number of ether oxygens (including phenoxy) is 1. The van der Waals surface area contributed by atoms with Gasteiger partial charge in [-0.3, -0.25) is 14.7 Å². The highest BCUT2D eigenvalue weighted by atomic mass is 127. The van der Waals surface area contributed by atoms with Gasteiger partial charge in [0, 0.05) is 51.9 Å². The first-order valence-electron chi connectivity index (χ1n) is 10.7. The Bertz CT molecular complexity index is 475. The van der Waals surface area contributed by atoms with Crippen LogP contribution in [0.4, 0.5) is 0 Å². The Morgan fingerprint density at radius 3 is 2.29 bits per heavy atom. The lowest BCUT2D eigenvalue weighted by atomic mass is 9.97. The normalized spacial score (nSPS) is 21.1. The molecule has 28 heavy (non-hydrogen) atoms. The van der Waals surface area contributed by atoms with E-state index in [-0.39, 0.29) is 35.9 Å². The molecule has 0 aromatic heterocycles. The number of hydrogen-bond donors (Lipinski definition) is 1. The van der Waals surface area contributed by atoms with Crippen LogP contribution in [0.15, 0.2) is 4.99 Å². The molecule has 7 nitrogen and oxygen atoms in total. The molecule has 1 atom stereocenters. The van der Waals surface area contributed by atoms with Gasteiger partial charge in [-0.1, -0.05) is 6.92 Å². The molecule has 0 aromatic carbocycles. The number of hydrogen-bond acceptors (Lipinski definition) is 5. The van der Waals surface area contributed by atoms with Gasteiger partial charge in [0.15, 0.2) is 5.96 Å². The van der Waals surface area contributed by atoms with Crippen LogP contribution in [0.25, 0.3) is 0 Å². The molecule has 2 fully saturated rings. The minimum atomic E-state index is -0.0427. The molecule has 2 heterocycles. The third-order valence-corrected chi connectivity index (χ3v) is 5.73. The lowest BCUT2D eigenvalue weighted by Gasteiger charge is -2.37. The number of aliphatic imine (C=N–C) groups is 1. The summed E-state index contributed by atoms with van der Waals surface area (Å²) in [7, 11) is 0. The van der Waals surface area contributed by atoms with Gasteiger partial charge in [0.05, 0.1) is 19.1 Å². The molecule has 2 aliphatic heterocycles. The van der Waals surface area contributed by atoms with E-state index in [9.17, 15) is 4.79 Å². The van der Waals surface area contributed by atoms with Crippen LogP contribution in [-0.2, 0) is 9.53 Å². The summed E-state index contributed by atoms with van der Waals surface area (Å²) < 4.78 is 5.17. The van der Waals surface area contributed by atoms with Crippen LogP contribution in [0.5, 0.6) is 0 Å². The molecule has 164 valence electrons. The maximum absolute atomic E-state index is 11.9. The quantitative estimate of drug-likeness (QED) is 0.245. The molecule has 0 saturated carbocycles. The van der Waals surface area contributed by atoms with Crippen LogP contribution in [0, 0.1) is 5.92 Å². The van der Waals surface area contributed by atoms with E-state index in [4.69, 9.17) is 9.73 Å². The molecule has 0 amide bonds. The number of carbonyl (C=O) groups is 1. The second-order valence-electron chi connectivity index (χ2n) is 7.53. The molecule has 0 spiro atoms. The number of halogens is 1. The van der Waals surface area contributed by atoms with Crippen molar-refractivity contribution in [3.8, 4) is 0 Å². The van der Waals surface area contributed by atoms with Crippen molar-refractivity contribution in [1.82, 2.24) is 20.0 Å². The van der Waals surface area contributed by atoms with Crippen molar-refractivity contribution in [3.05, 3.63) is 0 Å². The van der Waals surface area contributed by atoms with Crippen molar-refractivity contribution in [2.75, 3.05) is 65.5 Å². The van der Waals surface area contributed by atoms with Gasteiger partial charge in [-0.05, 0) is 40.2 Å². The molecule has 0 aromatic rings. The Labute approximate surface area is 188 Å². The van der Waals surface area contributed by atoms with E-state index in [1.807, 2.05) is 6.92 Å². The molecule has 2 rings (SSSR count). The van der Waals surface area contributed by atoms with Gasteiger partial charge in [-0.25, -0.2) is 0 Å². The summed E-state index contributed by atoms with van der Waals surface area (Å²) in [4.78, 5) is 24.2. The summed E-state index contributed by atoms with van der Waals surface area (Å²) in [5.41, 5.74) is 0.